The Hall–Kier alpha value is -0.830. The molecule has 0 saturated heterocycles. The summed E-state index contributed by atoms with van der Waals surface area (Å²) in [7, 11) is -6.72. The van der Waals surface area contributed by atoms with E-state index in [1.807, 2.05) is 0 Å². The van der Waals surface area contributed by atoms with Gasteiger partial charge in [0.15, 0.2) is 12.3 Å². The van der Waals surface area contributed by atoms with Gasteiger partial charge in [0.05, 0.1) is 26.2 Å². The van der Waals surface area contributed by atoms with Crippen LogP contribution in [-0.2, 0) is 10.1 Å². The van der Waals surface area contributed by atoms with Crippen molar-refractivity contribution in [3.63, 3.8) is 0 Å². The third-order valence-corrected chi connectivity index (χ3v) is 5.64. The van der Waals surface area contributed by atoms with E-state index in [0.717, 1.165) is 0 Å². The lowest BCUT2D eigenvalue weighted by Gasteiger charge is -2.34. The van der Waals surface area contributed by atoms with Crippen molar-refractivity contribution in [1.82, 2.24) is 0 Å². The SMILES string of the molecule is CC[N+](CC)(CC)CC.O=S(=O)([O-])C(F)C(F)(F)C(F)(F)C(F)C(F)C(F)C(F)F. The van der Waals surface area contributed by atoms with Crippen LogP contribution in [0.15, 0.2) is 0 Å². The van der Waals surface area contributed by atoms with Gasteiger partial charge in [-0.3, -0.25) is 0 Å². The molecule has 0 amide bonds. The Balaban J connectivity index is 0. The molecule has 0 bridgehead atoms. The van der Waals surface area contributed by atoms with Gasteiger partial charge in [-0.1, -0.05) is 0 Å². The molecule has 30 heavy (non-hydrogen) atoms. The van der Waals surface area contributed by atoms with Crippen LogP contribution in [-0.4, -0.2) is 85.9 Å². The summed E-state index contributed by atoms with van der Waals surface area (Å²) in [5.41, 5.74) is -5.20. The summed E-state index contributed by atoms with van der Waals surface area (Å²) in [6, 6.07) is 0. The smallest absolute Gasteiger partial charge is 0.356 e. The molecule has 0 fully saturated rings. The van der Waals surface area contributed by atoms with Crippen molar-refractivity contribution in [2.24, 2.45) is 0 Å². The van der Waals surface area contributed by atoms with Gasteiger partial charge in [0.2, 0.25) is 6.17 Å². The Morgan fingerprint density at radius 1 is 0.733 bits per heavy atom. The number of hydrogen-bond acceptors (Lipinski definition) is 3. The maximum Gasteiger partial charge on any atom is 0.356 e. The maximum absolute atomic E-state index is 12.8. The van der Waals surface area contributed by atoms with Gasteiger partial charge in [-0.05, 0) is 27.7 Å². The number of nitrogens with zero attached hydrogens (tertiary/aromatic N) is 1. The highest BCUT2D eigenvalue weighted by Gasteiger charge is 2.70. The monoisotopic (exact) mass is 489 g/mol. The minimum absolute atomic E-state index is 1.28. The van der Waals surface area contributed by atoms with Crippen molar-refractivity contribution in [3.05, 3.63) is 0 Å². The second-order valence-corrected chi connectivity index (χ2v) is 7.69. The van der Waals surface area contributed by atoms with E-state index in [1.165, 1.54) is 30.7 Å². The predicted octanol–water partition coefficient (Wildman–Crippen LogP) is 4.26. The number of rotatable bonds is 11. The molecule has 4 nitrogen and oxygen atoms in total. The molecule has 0 radical (unpaired) electrons. The fraction of sp³-hybridized carbons (Fsp3) is 1.00. The highest BCUT2D eigenvalue weighted by molar-refractivity contribution is 7.86. The zero-order chi connectivity index (χ0) is 24.7. The molecule has 0 spiro atoms. The van der Waals surface area contributed by atoms with Gasteiger partial charge in [-0.2, -0.15) is 17.6 Å². The lowest BCUT2D eigenvalue weighted by atomic mass is 10.0. The quantitative estimate of drug-likeness (QED) is 0.248. The van der Waals surface area contributed by atoms with Crippen molar-refractivity contribution in [2.45, 2.75) is 70.0 Å². The molecule has 0 saturated carbocycles. The maximum atomic E-state index is 12.8. The zero-order valence-electron chi connectivity index (χ0n) is 16.6. The normalized spacial score (nSPS) is 17.7. The average Bonchev–Trinajstić information content (AvgIpc) is 2.67. The number of quaternary nitrogens is 1. The molecular formula is C15H25F10NO3S. The molecule has 0 heterocycles. The van der Waals surface area contributed by atoms with Gasteiger partial charge in [0.25, 0.3) is 11.9 Å². The Morgan fingerprint density at radius 2 is 1.07 bits per heavy atom. The molecule has 0 aromatic carbocycles. The van der Waals surface area contributed by atoms with Crippen LogP contribution >= 0.6 is 0 Å². The molecule has 0 aromatic heterocycles. The Labute approximate surface area is 168 Å². The van der Waals surface area contributed by atoms with Crippen LogP contribution in [0.5, 0.6) is 0 Å². The first-order valence-electron chi connectivity index (χ1n) is 8.72. The fourth-order valence-electron chi connectivity index (χ4n) is 2.36. The number of alkyl halides is 10. The van der Waals surface area contributed by atoms with E-state index < -0.39 is 52.4 Å². The topological polar surface area (TPSA) is 57.2 Å². The molecule has 0 aromatic rings. The van der Waals surface area contributed by atoms with Crippen molar-refractivity contribution >= 4 is 10.1 Å². The summed E-state index contributed by atoms with van der Waals surface area (Å²) in [4.78, 5) is 0. The van der Waals surface area contributed by atoms with Crippen LogP contribution in [0.1, 0.15) is 27.7 Å². The lowest BCUT2D eigenvalue weighted by molar-refractivity contribution is -0.921. The number of hydrogen-bond donors (Lipinski definition) is 0. The van der Waals surface area contributed by atoms with Crippen molar-refractivity contribution in [1.29, 1.82) is 0 Å². The van der Waals surface area contributed by atoms with Crippen LogP contribution in [0, 0.1) is 0 Å². The fourth-order valence-corrected chi connectivity index (χ4v) is 2.88. The summed E-state index contributed by atoms with van der Waals surface area (Å²) in [6.45, 7) is 14.2. The number of halogens is 10. The summed E-state index contributed by atoms with van der Waals surface area (Å²) in [5, 5.41) is 0. The molecule has 184 valence electrons. The Kier molecular flexibility index (Phi) is 12.2. The van der Waals surface area contributed by atoms with Crippen molar-refractivity contribution in [3.8, 4) is 0 Å². The van der Waals surface area contributed by atoms with E-state index >= 15 is 0 Å². The molecule has 0 aliphatic carbocycles. The second kappa shape index (κ2) is 11.7. The average molecular weight is 489 g/mol. The summed E-state index contributed by atoms with van der Waals surface area (Å²) < 4.78 is 156. The van der Waals surface area contributed by atoms with E-state index in [9.17, 15) is 56.9 Å². The van der Waals surface area contributed by atoms with Crippen molar-refractivity contribution < 1.29 is 61.4 Å². The second-order valence-electron chi connectivity index (χ2n) is 6.29. The first-order chi connectivity index (χ1) is 13.3. The largest absolute Gasteiger partial charge is 0.746 e. The van der Waals surface area contributed by atoms with E-state index in [-0.39, 0.29) is 0 Å². The Morgan fingerprint density at radius 3 is 1.27 bits per heavy atom. The van der Waals surface area contributed by atoms with Gasteiger partial charge in [0, 0.05) is 0 Å². The van der Waals surface area contributed by atoms with E-state index in [4.69, 9.17) is 0 Å². The molecule has 4 atom stereocenters. The predicted molar refractivity (Wildman–Crippen MR) is 87.6 cm³/mol. The molecule has 0 aliphatic rings. The standard InChI is InChI=1S/C8H20N.C7H6F10O3S/c1-5-9(6-2,7-3)8-4;8-1(2(9)4(11)12)3(10)6(14,15)7(16,17)5(13)21(18,19)20/h5-8H2,1-4H3;1-5H,(H,18,19,20)/q+1;/p-1. The molecule has 0 rings (SSSR count). The minimum Gasteiger partial charge on any atom is -0.746 e. The highest BCUT2D eigenvalue weighted by atomic mass is 32.2. The van der Waals surface area contributed by atoms with Gasteiger partial charge in [-0.15, -0.1) is 0 Å². The Bertz CT molecular complexity index is 584. The first-order valence-corrected chi connectivity index (χ1v) is 10.2. The van der Waals surface area contributed by atoms with Crippen LogP contribution in [0.3, 0.4) is 0 Å². The zero-order valence-corrected chi connectivity index (χ0v) is 17.4. The molecular weight excluding hydrogens is 464 g/mol. The third-order valence-electron chi connectivity index (χ3n) is 4.84. The van der Waals surface area contributed by atoms with Gasteiger partial charge in [-0.25, -0.2) is 34.8 Å². The summed E-state index contributed by atoms with van der Waals surface area (Å²) in [6.07, 6.45) is -18.2. The lowest BCUT2D eigenvalue weighted by Crippen LogP contribution is -2.59. The third kappa shape index (κ3) is 7.39. The molecule has 0 aliphatic heterocycles. The molecule has 0 N–H and O–H groups in total. The van der Waals surface area contributed by atoms with Crippen LogP contribution in [0.2, 0.25) is 0 Å². The van der Waals surface area contributed by atoms with Crippen LogP contribution < -0.4 is 0 Å². The van der Waals surface area contributed by atoms with Gasteiger partial charge < -0.3 is 9.04 Å². The van der Waals surface area contributed by atoms with Gasteiger partial charge >= 0.3 is 11.8 Å². The molecule has 4 unspecified atom stereocenters. The van der Waals surface area contributed by atoms with E-state index in [0.29, 0.717) is 0 Å². The van der Waals surface area contributed by atoms with Crippen LogP contribution in [0.25, 0.3) is 0 Å². The van der Waals surface area contributed by atoms with E-state index in [1.54, 1.807) is 0 Å². The van der Waals surface area contributed by atoms with Crippen LogP contribution in [0.4, 0.5) is 43.9 Å². The summed E-state index contributed by atoms with van der Waals surface area (Å²) >= 11 is 0. The highest BCUT2D eigenvalue weighted by Crippen LogP contribution is 2.45. The first kappa shape index (κ1) is 31.4. The van der Waals surface area contributed by atoms with Gasteiger partial charge in [0.1, 0.15) is 10.1 Å². The minimum atomic E-state index is -6.72. The summed E-state index contributed by atoms with van der Waals surface area (Å²) in [5.74, 6) is -13.2. The van der Waals surface area contributed by atoms with Crippen molar-refractivity contribution in [2.75, 3.05) is 26.2 Å². The molecule has 15 heteroatoms. The van der Waals surface area contributed by atoms with E-state index in [2.05, 4.69) is 27.7 Å².